The predicted molar refractivity (Wildman–Crippen MR) is 88.2 cm³/mol. The van der Waals surface area contributed by atoms with Crippen LogP contribution in [0.25, 0.3) is 0 Å². The molecule has 1 aliphatic carbocycles. The standard InChI is InChI=1S/C18H27ClFN/c1-4-11-21-17(13-7-9-18(2,3)10-8-13)15-6-5-14(19)12-16(15)20/h5-6,12-13,17,21H,4,7-11H2,1-3H3. The fourth-order valence-corrected chi connectivity index (χ4v) is 3.50. The maximum atomic E-state index is 14.3. The van der Waals surface area contributed by atoms with Gasteiger partial charge in [0.1, 0.15) is 5.82 Å². The van der Waals surface area contributed by atoms with Crippen LogP contribution in [0.5, 0.6) is 0 Å². The molecule has 1 aromatic carbocycles. The minimum absolute atomic E-state index is 0.110. The van der Waals surface area contributed by atoms with E-state index in [-0.39, 0.29) is 11.9 Å². The molecule has 1 saturated carbocycles. The van der Waals surface area contributed by atoms with Gasteiger partial charge in [-0.05, 0) is 62.1 Å². The van der Waals surface area contributed by atoms with Crippen molar-refractivity contribution in [2.75, 3.05) is 6.54 Å². The Kier molecular flexibility index (Phi) is 5.67. The monoisotopic (exact) mass is 311 g/mol. The van der Waals surface area contributed by atoms with E-state index in [0.29, 0.717) is 16.4 Å². The molecule has 0 amide bonds. The average molecular weight is 312 g/mol. The molecule has 0 spiro atoms. The summed E-state index contributed by atoms with van der Waals surface area (Å²) >= 11 is 5.89. The molecule has 21 heavy (non-hydrogen) atoms. The predicted octanol–water partition coefficient (Wildman–Crippen LogP) is 5.74. The topological polar surface area (TPSA) is 12.0 Å². The number of hydrogen-bond acceptors (Lipinski definition) is 1. The summed E-state index contributed by atoms with van der Waals surface area (Å²) in [4.78, 5) is 0. The van der Waals surface area contributed by atoms with Crippen LogP contribution in [0.3, 0.4) is 0 Å². The van der Waals surface area contributed by atoms with Gasteiger partial charge in [-0.3, -0.25) is 0 Å². The molecule has 0 saturated heterocycles. The van der Waals surface area contributed by atoms with Gasteiger partial charge >= 0.3 is 0 Å². The molecule has 1 unspecified atom stereocenters. The maximum Gasteiger partial charge on any atom is 0.129 e. The average Bonchev–Trinajstić information content (AvgIpc) is 2.42. The van der Waals surface area contributed by atoms with Gasteiger partial charge < -0.3 is 5.32 Å². The summed E-state index contributed by atoms with van der Waals surface area (Å²) < 4.78 is 14.3. The molecule has 0 aromatic heterocycles. The van der Waals surface area contributed by atoms with Crippen molar-refractivity contribution >= 4 is 11.6 Å². The van der Waals surface area contributed by atoms with E-state index in [1.165, 1.54) is 18.9 Å². The Labute approximate surface area is 133 Å². The number of benzene rings is 1. The molecule has 1 N–H and O–H groups in total. The number of rotatable bonds is 5. The highest BCUT2D eigenvalue weighted by molar-refractivity contribution is 6.30. The van der Waals surface area contributed by atoms with E-state index in [1.807, 2.05) is 6.07 Å². The van der Waals surface area contributed by atoms with Crippen LogP contribution < -0.4 is 5.32 Å². The summed E-state index contributed by atoms with van der Waals surface area (Å²) in [5.41, 5.74) is 1.21. The van der Waals surface area contributed by atoms with Crippen LogP contribution in [0.2, 0.25) is 5.02 Å². The Balaban J connectivity index is 2.18. The molecule has 1 atom stereocenters. The van der Waals surface area contributed by atoms with Crippen LogP contribution in [0.1, 0.15) is 64.5 Å². The van der Waals surface area contributed by atoms with Crippen molar-refractivity contribution in [2.45, 2.75) is 58.9 Å². The minimum atomic E-state index is -0.180. The van der Waals surface area contributed by atoms with Crippen LogP contribution in [0, 0.1) is 17.2 Å². The molecule has 1 aliphatic rings. The van der Waals surface area contributed by atoms with Crippen molar-refractivity contribution in [3.8, 4) is 0 Å². The number of hydrogen-bond donors (Lipinski definition) is 1. The zero-order valence-electron chi connectivity index (χ0n) is 13.4. The lowest BCUT2D eigenvalue weighted by molar-refractivity contribution is 0.160. The van der Waals surface area contributed by atoms with Crippen molar-refractivity contribution in [1.29, 1.82) is 0 Å². The van der Waals surface area contributed by atoms with E-state index in [2.05, 4.69) is 26.1 Å². The van der Waals surface area contributed by atoms with Gasteiger partial charge in [0.05, 0.1) is 0 Å². The lowest BCUT2D eigenvalue weighted by atomic mass is 9.70. The summed E-state index contributed by atoms with van der Waals surface area (Å²) in [6.07, 6.45) is 5.82. The van der Waals surface area contributed by atoms with Crippen molar-refractivity contribution in [3.05, 3.63) is 34.6 Å². The zero-order chi connectivity index (χ0) is 15.5. The number of nitrogens with one attached hydrogen (secondary N) is 1. The molecule has 1 aromatic rings. The lowest BCUT2D eigenvalue weighted by Gasteiger charge is -2.38. The summed E-state index contributed by atoms with van der Waals surface area (Å²) in [5.74, 6) is 0.334. The first-order valence-electron chi connectivity index (χ1n) is 8.11. The number of halogens is 2. The van der Waals surface area contributed by atoms with Crippen molar-refractivity contribution in [2.24, 2.45) is 11.3 Å². The molecule has 2 rings (SSSR count). The first kappa shape index (κ1) is 16.8. The second-order valence-electron chi connectivity index (χ2n) is 7.10. The van der Waals surface area contributed by atoms with Crippen molar-refractivity contribution in [3.63, 3.8) is 0 Å². The van der Waals surface area contributed by atoms with Gasteiger partial charge in [0.2, 0.25) is 0 Å². The molecular weight excluding hydrogens is 285 g/mol. The molecule has 3 heteroatoms. The summed E-state index contributed by atoms with van der Waals surface area (Å²) in [6.45, 7) is 7.74. The third-order valence-electron chi connectivity index (χ3n) is 4.77. The van der Waals surface area contributed by atoms with E-state index in [1.54, 1.807) is 6.07 Å². The van der Waals surface area contributed by atoms with E-state index < -0.39 is 0 Å². The van der Waals surface area contributed by atoms with Gasteiger partial charge in [0.25, 0.3) is 0 Å². The highest BCUT2D eigenvalue weighted by Crippen LogP contribution is 2.43. The molecule has 0 bridgehead atoms. The highest BCUT2D eigenvalue weighted by atomic mass is 35.5. The van der Waals surface area contributed by atoms with E-state index >= 15 is 0 Å². The summed E-state index contributed by atoms with van der Waals surface area (Å²) in [5, 5.41) is 4.03. The Hall–Kier alpha value is -0.600. The van der Waals surface area contributed by atoms with Crippen molar-refractivity contribution < 1.29 is 4.39 Å². The van der Waals surface area contributed by atoms with E-state index in [4.69, 9.17) is 11.6 Å². The highest BCUT2D eigenvalue weighted by Gasteiger charge is 2.32. The van der Waals surface area contributed by atoms with Gasteiger partial charge in [-0.1, -0.05) is 38.4 Å². The van der Waals surface area contributed by atoms with E-state index in [9.17, 15) is 4.39 Å². The third-order valence-corrected chi connectivity index (χ3v) is 5.00. The van der Waals surface area contributed by atoms with Crippen LogP contribution in [0.4, 0.5) is 4.39 Å². The molecular formula is C18H27ClFN. The third kappa shape index (κ3) is 4.43. The lowest BCUT2D eigenvalue weighted by Crippen LogP contribution is -2.33. The first-order valence-corrected chi connectivity index (χ1v) is 8.49. The van der Waals surface area contributed by atoms with Crippen LogP contribution in [0.15, 0.2) is 18.2 Å². The Morgan fingerprint density at radius 2 is 2.00 bits per heavy atom. The van der Waals surface area contributed by atoms with Gasteiger partial charge in [0, 0.05) is 16.6 Å². The maximum absolute atomic E-state index is 14.3. The fraction of sp³-hybridized carbons (Fsp3) is 0.667. The van der Waals surface area contributed by atoms with Gasteiger partial charge in [-0.25, -0.2) is 4.39 Å². The SMILES string of the molecule is CCCNC(c1ccc(Cl)cc1F)C1CCC(C)(C)CC1. The van der Waals surface area contributed by atoms with Gasteiger partial charge in [0.15, 0.2) is 0 Å². The molecule has 0 heterocycles. The smallest absolute Gasteiger partial charge is 0.129 e. The molecule has 1 nitrogen and oxygen atoms in total. The molecule has 1 fully saturated rings. The van der Waals surface area contributed by atoms with E-state index in [0.717, 1.165) is 31.4 Å². The normalized spacial score (nSPS) is 20.4. The van der Waals surface area contributed by atoms with Crippen LogP contribution >= 0.6 is 11.6 Å². The Morgan fingerprint density at radius 3 is 2.57 bits per heavy atom. The van der Waals surface area contributed by atoms with Crippen LogP contribution in [-0.2, 0) is 0 Å². The zero-order valence-corrected chi connectivity index (χ0v) is 14.1. The molecule has 0 aliphatic heterocycles. The first-order chi connectivity index (χ1) is 9.93. The second-order valence-corrected chi connectivity index (χ2v) is 7.54. The Bertz CT molecular complexity index is 462. The molecule has 0 radical (unpaired) electrons. The quantitative estimate of drug-likeness (QED) is 0.731. The van der Waals surface area contributed by atoms with Crippen molar-refractivity contribution in [1.82, 2.24) is 5.32 Å². The summed E-state index contributed by atoms with van der Waals surface area (Å²) in [7, 11) is 0. The summed E-state index contributed by atoms with van der Waals surface area (Å²) in [6, 6.07) is 5.20. The Morgan fingerprint density at radius 1 is 1.33 bits per heavy atom. The van der Waals surface area contributed by atoms with Gasteiger partial charge in [-0.15, -0.1) is 0 Å². The van der Waals surface area contributed by atoms with Crippen LogP contribution in [-0.4, -0.2) is 6.54 Å². The van der Waals surface area contributed by atoms with Gasteiger partial charge in [-0.2, -0.15) is 0 Å². The minimum Gasteiger partial charge on any atom is -0.310 e. The molecule has 118 valence electrons. The largest absolute Gasteiger partial charge is 0.310 e. The second kappa shape index (κ2) is 7.11. The fourth-order valence-electron chi connectivity index (χ4n) is 3.34.